The highest BCUT2D eigenvalue weighted by molar-refractivity contribution is 5.61. The number of aromatic nitrogens is 2. The third kappa shape index (κ3) is 4.66. The second kappa shape index (κ2) is 8.96. The van der Waals surface area contributed by atoms with E-state index < -0.39 is 0 Å². The summed E-state index contributed by atoms with van der Waals surface area (Å²) in [5.74, 6) is 3.13. The number of hydrogen-bond acceptors (Lipinski definition) is 2. The van der Waals surface area contributed by atoms with Gasteiger partial charge in [-0.2, -0.15) is 0 Å². The Balaban J connectivity index is 0.00000100. The standard InChI is InChI=1S/C20H26N2.C2H6/c1-14-4-8-17(9-5-14)16(3)20-21-12-19(13-22-20)18-10-6-15(2)7-11-18;1-2/h6-7,10-14,16-17H,4-5,8-9H2,1-3H3;1-2H3. The molecule has 1 heterocycles. The molecular formula is C22H32N2. The lowest BCUT2D eigenvalue weighted by Crippen LogP contribution is -2.19. The highest BCUT2D eigenvalue weighted by atomic mass is 14.9. The predicted octanol–water partition coefficient (Wildman–Crippen LogP) is 6.41. The molecule has 1 aliphatic carbocycles. The molecule has 130 valence electrons. The van der Waals surface area contributed by atoms with Gasteiger partial charge >= 0.3 is 0 Å². The van der Waals surface area contributed by atoms with Gasteiger partial charge < -0.3 is 0 Å². The van der Waals surface area contributed by atoms with E-state index in [1.165, 1.54) is 36.8 Å². The van der Waals surface area contributed by atoms with Crippen molar-refractivity contribution in [3.05, 3.63) is 48.0 Å². The summed E-state index contributed by atoms with van der Waals surface area (Å²) in [4.78, 5) is 9.32. The quantitative estimate of drug-likeness (QED) is 0.652. The highest BCUT2D eigenvalue weighted by Crippen LogP contribution is 2.36. The molecule has 0 radical (unpaired) electrons. The van der Waals surface area contributed by atoms with Crippen LogP contribution in [0, 0.1) is 18.8 Å². The van der Waals surface area contributed by atoms with Crippen molar-refractivity contribution in [3.63, 3.8) is 0 Å². The van der Waals surface area contributed by atoms with Gasteiger partial charge in [-0.3, -0.25) is 0 Å². The smallest absolute Gasteiger partial charge is 0.131 e. The van der Waals surface area contributed by atoms with Crippen molar-refractivity contribution in [2.45, 2.75) is 66.2 Å². The first-order valence-corrected chi connectivity index (χ1v) is 9.52. The molecule has 1 unspecified atom stereocenters. The van der Waals surface area contributed by atoms with Crippen LogP contribution in [0.15, 0.2) is 36.7 Å². The van der Waals surface area contributed by atoms with Crippen molar-refractivity contribution in [1.82, 2.24) is 9.97 Å². The van der Waals surface area contributed by atoms with E-state index in [9.17, 15) is 0 Å². The summed E-state index contributed by atoms with van der Waals surface area (Å²) in [6, 6.07) is 8.55. The van der Waals surface area contributed by atoms with Crippen molar-refractivity contribution < 1.29 is 0 Å². The normalized spacial score (nSPS) is 21.5. The van der Waals surface area contributed by atoms with Gasteiger partial charge in [0.05, 0.1) is 0 Å². The van der Waals surface area contributed by atoms with Crippen LogP contribution in [0.1, 0.15) is 70.7 Å². The zero-order valence-corrected chi connectivity index (χ0v) is 15.9. The second-order valence-electron chi connectivity index (χ2n) is 7.00. The van der Waals surface area contributed by atoms with Gasteiger partial charge in [-0.15, -0.1) is 0 Å². The van der Waals surface area contributed by atoms with E-state index in [2.05, 4.69) is 55.0 Å². The van der Waals surface area contributed by atoms with Gasteiger partial charge in [-0.25, -0.2) is 9.97 Å². The van der Waals surface area contributed by atoms with Crippen LogP contribution in [0.2, 0.25) is 0 Å². The Morgan fingerprint density at radius 2 is 1.42 bits per heavy atom. The SMILES string of the molecule is CC.Cc1ccc(-c2cnc(C(C)C3CCC(C)CC3)nc2)cc1. The fourth-order valence-electron chi connectivity index (χ4n) is 3.46. The average Bonchev–Trinajstić information content (AvgIpc) is 2.64. The molecule has 1 aromatic carbocycles. The first-order chi connectivity index (χ1) is 11.6. The zero-order valence-electron chi connectivity index (χ0n) is 15.9. The summed E-state index contributed by atoms with van der Waals surface area (Å²) in [6.45, 7) is 10.8. The van der Waals surface area contributed by atoms with Crippen LogP contribution in [0.25, 0.3) is 11.1 Å². The Morgan fingerprint density at radius 1 is 0.875 bits per heavy atom. The number of benzene rings is 1. The van der Waals surface area contributed by atoms with Crippen molar-refractivity contribution >= 4 is 0 Å². The Labute approximate surface area is 147 Å². The van der Waals surface area contributed by atoms with Crippen LogP contribution in [-0.4, -0.2) is 9.97 Å². The molecule has 1 aromatic heterocycles. The maximum Gasteiger partial charge on any atom is 0.131 e. The van der Waals surface area contributed by atoms with Gasteiger partial charge in [0, 0.05) is 23.9 Å². The molecule has 0 aliphatic heterocycles. The first-order valence-electron chi connectivity index (χ1n) is 9.52. The number of hydrogen-bond donors (Lipinski definition) is 0. The molecule has 1 fully saturated rings. The molecule has 2 nitrogen and oxygen atoms in total. The minimum absolute atomic E-state index is 0.472. The molecule has 1 atom stereocenters. The summed E-state index contributed by atoms with van der Waals surface area (Å²) in [7, 11) is 0. The Morgan fingerprint density at radius 3 is 1.96 bits per heavy atom. The molecule has 1 saturated carbocycles. The van der Waals surface area contributed by atoms with Gasteiger partial charge in [0.25, 0.3) is 0 Å². The molecule has 0 amide bonds. The number of rotatable bonds is 3. The maximum atomic E-state index is 4.66. The van der Waals surface area contributed by atoms with E-state index >= 15 is 0 Å². The molecule has 2 aromatic rings. The zero-order chi connectivity index (χ0) is 17.5. The molecule has 0 spiro atoms. The lowest BCUT2D eigenvalue weighted by molar-refractivity contribution is 0.257. The maximum absolute atomic E-state index is 4.66. The van der Waals surface area contributed by atoms with Gasteiger partial charge in [0.15, 0.2) is 0 Å². The van der Waals surface area contributed by atoms with Crippen LogP contribution in [0.4, 0.5) is 0 Å². The molecular weight excluding hydrogens is 292 g/mol. The molecule has 0 saturated heterocycles. The van der Waals surface area contributed by atoms with Crippen molar-refractivity contribution in [1.29, 1.82) is 0 Å². The van der Waals surface area contributed by atoms with E-state index in [0.29, 0.717) is 5.92 Å². The first kappa shape index (κ1) is 18.6. The molecule has 24 heavy (non-hydrogen) atoms. The average molecular weight is 325 g/mol. The summed E-state index contributed by atoms with van der Waals surface area (Å²) < 4.78 is 0. The predicted molar refractivity (Wildman–Crippen MR) is 103 cm³/mol. The highest BCUT2D eigenvalue weighted by Gasteiger charge is 2.25. The third-order valence-corrected chi connectivity index (χ3v) is 5.23. The lowest BCUT2D eigenvalue weighted by atomic mass is 9.77. The Kier molecular flexibility index (Phi) is 6.96. The van der Waals surface area contributed by atoms with Gasteiger partial charge in [0.2, 0.25) is 0 Å². The summed E-state index contributed by atoms with van der Waals surface area (Å²) in [5, 5.41) is 0. The Hall–Kier alpha value is -1.70. The van der Waals surface area contributed by atoms with Gasteiger partial charge in [-0.05, 0) is 37.2 Å². The number of aryl methyl sites for hydroxylation is 1. The van der Waals surface area contributed by atoms with E-state index in [1.54, 1.807) is 0 Å². The monoisotopic (exact) mass is 324 g/mol. The van der Waals surface area contributed by atoms with Gasteiger partial charge in [0.1, 0.15) is 5.82 Å². The van der Waals surface area contributed by atoms with E-state index in [4.69, 9.17) is 0 Å². The fourth-order valence-corrected chi connectivity index (χ4v) is 3.46. The molecule has 2 heteroatoms. The topological polar surface area (TPSA) is 25.8 Å². The molecule has 0 bridgehead atoms. The van der Waals surface area contributed by atoms with Crippen molar-refractivity contribution in [2.24, 2.45) is 11.8 Å². The lowest BCUT2D eigenvalue weighted by Gasteiger charge is -2.30. The van der Waals surface area contributed by atoms with Crippen LogP contribution in [-0.2, 0) is 0 Å². The molecule has 1 aliphatic rings. The van der Waals surface area contributed by atoms with Crippen LogP contribution >= 0.6 is 0 Å². The Bertz CT molecular complexity index is 593. The second-order valence-corrected chi connectivity index (χ2v) is 7.00. The van der Waals surface area contributed by atoms with Crippen LogP contribution < -0.4 is 0 Å². The third-order valence-electron chi connectivity index (χ3n) is 5.23. The summed E-state index contributed by atoms with van der Waals surface area (Å²) in [5.41, 5.74) is 3.57. The minimum Gasteiger partial charge on any atom is -0.240 e. The van der Waals surface area contributed by atoms with Crippen molar-refractivity contribution in [3.8, 4) is 11.1 Å². The molecule has 0 N–H and O–H groups in total. The molecule has 3 rings (SSSR count). The van der Waals surface area contributed by atoms with E-state index in [0.717, 1.165) is 23.2 Å². The van der Waals surface area contributed by atoms with Crippen molar-refractivity contribution in [2.75, 3.05) is 0 Å². The minimum atomic E-state index is 0.472. The summed E-state index contributed by atoms with van der Waals surface area (Å²) in [6.07, 6.45) is 9.33. The fraction of sp³-hybridized carbons (Fsp3) is 0.545. The number of nitrogens with zero attached hydrogens (tertiary/aromatic N) is 2. The van der Waals surface area contributed by atoms with Gasteiger partial charge in [-0.1, -0.05) is 70.4 Å². The largest absolute Gasteiger partial charge is 0.240 e. The summed E-state index contributed by atoms with van der Waals surface area (Å²) >= 11 is 0. The van der Waals surface area contributed by atoms with Crippen LogP contribution in [0.5, 0.6) is 0 Å². The van der Waals surface area contributed by atoms with E-state index in [-0.39, 0.29) is 0 Å². The van der Waals surface area contributed by atoms with Crippen LogP contribution in [0.3, 0.4) is 0 Å². The van der Waals surface area contributed by atoms with E-state index in [1.807, 2.05) is 26.2 Å².